The van der Waals surface area contributed by atoms with Crippen LogP contribution >= 0.6 is 0 Å². The molecule has 1 fully saturated rings. The molecule has 0 aromatic heterocycles. The normalized spacial score (nSPS) is 24.6. The molecule has 1 N–H and O–H groups in total. The summed E-state index contributed by atoms with van der Waals surface area (Å²) in [6.45, 7) is 9.48. The standard InChI is InChI=1S/C25H38N4O6/c1-17-13-29(24(31)15-28-8-10-34-11-9-28)18(2)16-35-22-12-20(26-19(3)30)6-7-21(22)25(32)27(4)14-23(17)33-5/h6-7,12,17-18,23H,8-11,13-16H2,1-5H3,(H,26,30)/t17-,18+,23+/m0/s1. The number of morpholine rings is 1. The van der Waals surface area contributed by atoms with Crippen LogP contribution in [0.2, 0.25) is 0 Å². The van der Waals surface area contributed by atoms with Crippen molar-refractivity contribution in [1.29, 1.82) is 0 Å². The number of fused-ring (bicyclic) bond motifs is 1. The average Bonchev–Trinajstić information content (AvgIpc) is 2.83. The predicted molar refractivity (Wildman–Crippen MR) is 132 cm³/mol. The second-order valence-electron chi connectivity index (χ2n) is 9.42. The van der Waals surface area contributed by atoms with Gasteiger partial charge in [0.1, 0.15) is 12.4 Å². The van der Waals surface area contributed by atoms with Gasteiger partial charge in [0.25, 0.3) is 5.91 Å². The zero-order valence-electron chi connectivity index (χ0n) is 21.4. The number of carbonyl (C=O) groups is 3. The van der Waals surface area contributed by atoms with Crippen LogP contribution in [-0.2, 0) is 19.1 Å². The largest absolute Gasteiger partial charge is 0.491 e. The molecular weight excluding hydrogens is 452 g/mol. The highest BCUT2D eigenvalue weighted by atomic mass is 16.5. The first kappa shape index (κ1) is 26.9. The number of hydrogen-bond acceptors (Lipinski definition) is 7. The van der Waals surface area contributed by atoms with Crippen LogP contribution in [0.4, 0.5) is 5.69 Å². The monoisotopic (exact) mass is 490 g/mol. The lowest BCUT2D eigenvalue weighted by Gasteiger charge is -2.37. The lowest BCUT2D eigenvalue weighted by atomic mass is 10.0. The average molecular weight is 491 g/mol. The molecule has 1 aromatic carbocycles. The highest BCUT2D eigenvalue weighted by molar-refractivity contribution is 5.98. The number of amides is 3. The molecule has 3 amide bonds. The molecule has 10 nitrogen and oxygen atoms in total. The summed E-state index contributed by atoms with van der Waals surface area (Å²) in [5.41, 5.74) is 0.929. The third-order valence-electron chi connectivity index (χ3n) is 6.55. The van der Waals surface area contributed by atoms with Crippen LogP contribution in [0.15, 0.2) is 18.2 Å². The van der Waals surface area contributed by atoms with Crippen LogP contribution in [0.1, 0.15) is 31.1 Å². The van der Waals surface area contributed by atoms with Gasteiger partial charge in [-0.2, -0.15) is 0 Å². The van der Waals surface area contributed by atoms with Gasteiger partial charge in [-0.05, 0) is 19.1 Å². The van der Waals surface area contributed by atoms with Gasteiger partial charge in [-0.3, -0.25) is 19.3 Å². The van der Waals surface area contributed by atoms with Crippen LogP contribution in [0.25, 0.3) is 0 Å². The zero-order chi connectivity index (χ0) is 25.5. The van der Waals surface area contributed by atoms with Crippen molar-refractivity contribution >= 4 is 23.4 Å². The van der Waals surface area contributed by atoms with Crippen LogP contribution in [0, 0.1) is 5.92 Å². The molecular formula is C25H38N4O6. The maximum atomic E-state index is 13.4. The number of hydrogen-bond donors (Lipinski definition) is 1. The van der Waals surface area contributed by atoms with E-state index in [1.54, 1.807) is 37.3 Å². The van der Waals surface area contributed by atoms with E-state index in [9.17, 15) is 14.4 Å². The topological polar surface area (TPSA) is 101 Å². The van der Waals surface area contributed by atoms with E-state index in [0.717, 1.165) is 13.1 Å². The van der Waals surface area contributed by atoms with Gasteiger partial charge in [0, 0.05) is 64.9 Å². The predicted octanol–water partition coefficient (Wildman–Crippen LogP) is 1.31. The first-order valence-corrected chi connectivity index (χ1v) is 12.1. The van der Waals surface area contributed by atoms with Gasteiger partial charge in [0.2, 0.25) is 11.8 Å². The van der Waals surface area contributed by atoms with Crippen molar-refractivity contribution in [3.05, 3.63) is 23.8 Å². The molecule has 35 heavy (non-hydrogen) atoms. The van der Waals surface area contributed by atoms with Gasteiger partial charge in [0.05, 0.1) is 37.5 Å². The summed E-state index contributed by atoms with van der Waals surface area (Å²) in [5.74, 6) is -0.0299. The second kappa shape index (κ2) is 12.3. The first-order chi connectivity index (χ1) is 16.7. The summed E-state index contributed by atoms with van der Waals surface area (Å²) in [6, 6.07) is 4.74. The van der Waals surface area contributed by atoms with Gasteiger partial charge in [0.15, 0.2) is 0 Å². The number of methoxy groups -OCH3 is 1. The molecule has 2 aliphatic heterocycles. The number of carbonyl (C=O) groups excluding carboxylic acids is 3. The van der Waals surface area contributed by atoms with Crippen molar-refractivity contribution in [2.75, 3.05) is 72.0 Å². The molecule has 0 saturated carbocycles. The van der Waals surface area contributed by atoms with Crippen LogP contribution < -0.4 is 10.1 Å². The SMILES string of the molecule is CO[C@@H]1CN(C)C(=O)c2ccc(NC(C)=O)cc2OC[C@@H](C)N(C(=O)CN2CCOCC2)C[C@@H]1C. The fraction of sp³-hybridized carbons (Fsp3) is 0.640. The molecule has 0 aliphatic carbocycles. The fourth-order valence-corrected chi connectivity index (χ4v) is 4.44. The lowest BCUT2D eigenvalue weighted by Crippen LogP contribution is -2.52. The van der Waals surface area contributed by atoms with Crippen LogP contribution in [-0.4, -0.2) is 111 Å². The Kier molecular flexibility index (Phi) is 9.47. The van der Waals surface area contributed by atoms with Crippen molar-refractivity contribution in [3.8, 4) is 5.75 Å². The Morgan fingerprint density at radius 1 is 1.17 bits per heavy atom. The van der Waals surface area contributed by atoms with E-state index >= 15 is 0 Å². The maximum absolute atomic E-state index is 13.4. The maximum Gasteiger partial charge on any atom is 0.257 e. The number of nitrogens with zero attached hydrogens (tertiary/aromatic N) is 3. The first-order valence-electron chi connectivity index (χ1n) is 12.1. The lowest BCUT2D eigenvalue weighted by molar-refractivity contribution is -0.137. The molecule has 0 bridgehead atoms. The Labute approximate surface area is 207 Å². The van der Waals surface area contributed by atoms with Gasteiger partial charge < -0.3 is 29.3 Å². The second-order valence-corrected chi connectivity index (χ2v) is 9.42. The Morgan fingerprint density at radius 3 is 2.54 bits per heavy atom. The fourth-order valence-electron chi connectivity index (χ4n) is 4.44. The van der Waals surface area contributed by atoms with E-state index < -0.39 is 0 Å². The molecule has 0 spiro atoms. The van der Waals surface area contributed by atoms with Gasteiger partial charge in [-0.15, -0.1) is 0 Å². The molecule has 1 aromatic rings. The Bertz CT molecular complexity index is 904. The number of ether oxygens (including phenoxy) is 3. The molecule has 2 aliphatic rings. The molecule has 1 saturated heterocycles. The highest BCUT2D eigenvalue weighted by Gasteiger charge is 2.31. The summed E-state index contributed by atoms with van der Waals surface area (Å²) >= 11 is 0. The van der Waals surface area contributed by atoms with E-state index in [1.165, 1.54) is 6.92 Å². The quantitative estimate of drug-likeness (QED) is 0.679. The molecule has 2 heterocycles. The summed E-state index contributed by atoms with van der Waals surface area (Å²) in [6.07, 6.45) is -0.253. The molecule has 0 radical (unpaired) electrons. The number of benzene rings is 1. The van der Waals surface area contributed by atoms with E-state index in [0.29, 0.717) is 49.8 Å². The van der Waals surface area contributed by atoms with Crippen molar-refractivity contribution in [1.82, 2.24) is 14.7 Å². The van der Waals surface area contributed by atoms with E-state index in [2.05, 4.69) is 10.2 Å². The van der Waals surface area contributed by atoms with Crippen molar-refractivity contribution < 1.29 is 28.6 Å². The molecule has 3 atom stereocenters. The van der Waals surface area contributed by atoms with Crippen molar-refractivity contribution in [2.24, 2.45) is 5.92 Å². The molecule has 0 unspecified atom stereocenters. The number of rotatable bonds is 4. The van der Waals surface area contributed by atoms with E-state index in [4.69, 9.17) is 14.2 Å². The van der Waals surface area contributed by atoms with Crippen molar-refractivity contribution in [2.45, 2.75) is 32.9 Å². The zero-order valence-corrected chi connectivity index (χ0v) is 21.4. The van der Waals surface area contributed by atoms with Gasteiger partial charge in [-0.25, -0.2) is 0 Å². The van der Waals surface area contributed by atoms with Gasteiger partial charge >= 0.3 is 0 Å². The third-order valence-corrected chi connectivity index (χ3v) is 6.55. The Balaban J connectivity index is 1.90. The number of anilines is 1. The van der Waals surface area contributed by atoms with E-state index in [-0.39, 0.29) is 42.4 Å². The third kappa shape index (κ3) is 7.16. The molecule has 3 rings (SSSR count). The summed E-state index contributed by atoms with van der Waals surface area (Å²) < 4.78 is 17.3. The summed E-state index contributed by atoms with van der Waals surface area (Å²) in [4.78, 5) is 43.8. The van der Waals surface area contributed by atoms with Gasteiger partial charge in [-0.1, -0.05) is 6.92 Å². The van der Waals surface area contributed by atoms with Crippen molar-refractivity contribution in [3.63, 3.8) is 0 Å². The minimum absolute atomic E-state index is 0.00706. The minimum Gasteiger partial charge on any atom is -0.491 e. The number of likely N-dealkylation sites (N-methyl/N-ethyl adjacent to an activating group) is 1. The Morgan fingerprint density at radius 2 is 1.89 bits per heavy atom. The molecule has 10 heteroatoms. The number of nitrogens with one attached hydrogen (secondary N) is 1. The Hall–Kier alpha value is -2.69. The summed E-state index contributed by atoms with van der Waals surface area (Å²) in [7, 11) is 3.35. The van der Waals surface area contributed by atoms with Crippen LogP contribution in [0.5, 0.6) is 5.75 Å². The summed E-state index contributed by atoms with van der Waals surface area (Å²) in [5, 5.41) is 2.73. The minimum atomic E-state index is -0.253. The smallest absolute Gasteiger partial charge is 0.257 e. The highest BCUT2D eigenvalue weighted by Crippen LogP contribution is 2.27. The van der Waals surface area contributed by atoms with Crippen LogP contribution in [0.3, 0.4) is 0 Å². The molecule has 194 valence electrons. The van der Waals surface area contributed by atoms with E-state index in [1.807, 2.05) is 18.7 Å².